The van der Waals surface area contributed by atoms with E-state index in [4.69, 9.17) is 5.73 Å². The lowest BCUT2D eigenvalue weighted by Crippen LogP contribution is -2.51. The maximum absolute atomic E-state index is 12.5. The predicted molar refractivity (Wildman–Crippen MR) is 95.7 cm³/mol. The van der Waals surface area contributed by atoms with Gasteiger partial charge in [-0.1, -0.05) is 42.1 Å². The first-order chi connectivity index (χ1) is 12.1. The fourth-order valence-corrected chi connectivity index (χ4v) is 3.81. The molecule has 1 aromatic heterocycles. The van der Waals surface area contributed by atoms with Gasteiger partial charge in [-0.2, -0.15) is 0 Å². The highest BCUT2D eigenvalue weighted by molar-refractivity contribution is 7.99. The van der Waals surface area contributed by atoms with E-state index < -0.39 is 11.9 Å². The molecule has 132 valence electrons. The molecule has 2 heterocycles. The summed E-state index contributed by atoms with van der Waals surface area (Å²) in [6.07, 6.45) is 2.48. The van der Waals surface area contributed by atoms with Crippen molar-refractivity contribution in [3.63, 3.8) is 0 Å². The number of hydrogen-bond acceptors (Lipinski definition) is 5. The Morgan fingerprint density at radius 3 is 2.72 bits per heavy atom. The number of nitrogens with two attached hydrogens (primary N) is 1. The summed E-state index contributed by atoms with van der Waals surface area (Å²) >= 11 is 1.32. The minimum absolute atomic E-state index is 0.0854. The zero-order chi connectivity index (χ0) is 17.8. The van der Waals surface area contributed by atoms with Gasteiger partial charge in [0.1, 0.15) is 6.04 Å². The molecule has 2 N–H and O–H groups in total. The summed E-state index contributed by atoms with van der Waals surface area (Å²) in [5.41, 5.74) is 6.40. The number of amides is 2. The van der Waals surface area contributed by atoms with Crippen LogP contribution in [0.25, 0.3) is 11.4 Å². The number of rotatable bonds is 5. The number of carbonyl (C=O) groups excluding carboxylic acids is 2. The molecule has 1 aliphatic rings. The zero-order valence-electron chi connectivity index (χ0n) is 14.1. The summed E-state index contributed by atoms with van der Waals surface area (Å²) in [6, 6.07) is 9.29. The van der Waals surface area contributed by atoms with Crippen molar-refractivity contribution < 1.29 is 9.59 Å². The Morgan fingerprint density at radius 2 is 2.00 bits per heavy atom. The lowest BCUT2D eigenvalue weighted by molar-refractivity contribution is -0.138. The van der Waals surface area contributed by atoms with Gasteiger partial charge in [0.2, 0.25) is 11.8 Å². The van der Waals surface area contributed by atoms with E-state index in [0.717, 1.165) is 24.2 Å². The Hall–Kier alpha value is -2.35. The van der Waals surface area contributed by atoms with Crippen molar-refractivity contribution in [3.05, 3.63) is 30.3 Å². The van der Waals surface area contributed by atoms with Crippen molar-refractivity contribution in [2.45, 2.75) is 30.5 Å². The lowest BCUT2D eigenvalue weighted by atomic mass is 10.0. The Morgan fingerprint density at radius 1 is 1.24 bits per heavy atom. The monoisotopic (exact) mass is 359 g/mol. The molecule has 7 nitrogen and oxygen atoms in total. The molecule has 2 aromatic rings. The van der Waals surface area contributed by atoms with Crippen LogP contribution in [0.5, 0.6) is 0 Å². The van der Waals surface area contributed by atoms with Gasteiger partial charge in [0.25, 0.3) is 0 Å². The molecule has 1 aliphatic heterocycles. The van der Waals surface area contributed by atoms with E-state index in [0.29, 0.717) is 18.1 Å². The van der Waals surface area contributed by atoms with E-state index in [2.05, 4.69) is 10.2 Å². The molecule has 0 saturated carbocycles. The second-order valence-electron chi connectivity index (χ2n) is 6.02. The summed E-state index contributed by atoms with van der Waals surface area (Å²) in [4.78, 5) is 25.7. The number of likely N-dealkylation sites (tertiary alicyclic amines) is 1. The van der Waals surface area contributed by atoms with Crippen molar-refractivity contribution in [2.24, 2.45) is 12.8 Å². The van der Waals surface area contributed by atoms with Crippen molar-refractivity contribution in [1.82, 2.24) is 19.7 Å². The lowest BCUT2D eigenvalue weighted by Gasteiger charge is -2.33. The van der Waals surface area contributed by atoms with Crippen LogP contribution in [0.4, 0.5) is 0 Å². The Labute approximate surface area is 150 Å². The van der Waals surface area contributed by atoms with Gasteiger partial charge >= 0.3 is 0 Å². The first kappa shape index (κ1) is 17.5. The largest absolute Gasteiger partial charge is 0.368 e. The van der Waals surface area contributed by atoms with E-state index in [1.165, 1.54) is 11.8 Å². The van der Waals surface area contributed by atoms with Crippen molar-refractivity contribution in [2.75, 3.05) is 12.3 Å². The van der Waals surface area contributed by atoms with Crippen LogP contribution < -0.4 is 5.73 Å². The number of primary amides is 1. The first-order valence-electron chi connectivity index (χ1n) is 8.24. The van der Waals surface area contributed by atoms with Gasteiger partial charge in [0.05, 0.1) is 5.75 Å². The summed E-state index contributed by atoms with van der Waals surface area (Å²) in [5, 5.41) is 9.06. The second-order valence-corrected chi connectivity index (χ2v) is 6.96. The fraction of sp³-hybridized carbons (Fsp3) is 0.412. The number of piperidine rings is 1. The molecule has 1 aromatic carbocycles. The number of aromatic nitrogens is 3. The van der Waals surface area contributed by atoms with Crippen molar-refractivity contribution in [1.29, 1.82) is 0 Å². The van der Waals surface area contributed by atoms with Gasteiger partial charge in [0, 0.05) is 19.2 Å². The second kappa shape index (κ2) is 7.69. The molecule has 3 rings (SSSR count). The molecule has 1 atom stereocenters. The highest BCUT2D eigenvalue weighted by Crippen LogP contribution is 2.24. The van der Waals surface area contributed by atoms with Gasteiger partial charge in [-0.05, 0) is 19.3 Å². The van der Waals surface area contributed by atoms with E-state index in [1.807, 2.05) is 41.9 Å². The standard InChI is InChI=1S/C17H21N5O2S/c1-21-16(12-7-3-2-4-8-12)19-20-17(21)25-11-14(23)22-10-6-5-9-13(22)15(18)24/h2-4,7-8,13H,5-6,9-11H2,1H3,(H2,18,24)/t13-/m1/s1. The third-order valence-electron chi connectivity index (χ3n) is 4.34. The molecule has 2 amide bonds. The topological polar surface area (TPSA) is 94.1 Å². The van der Waals surface area contributed by atoms with Crippen LogP contribution in [0.1, 0.15) is 19.3 Å². The Balaban J connectivity index is 1.66. The van der Waals surface area contributed by atoms with Crippen LogP contribution in [0.3, 0.4) is 0 Å². The number of thioether (sulfide) groups is 1. The van der Waals surface area contributed by atoms with Crippen LogP contribution in [0.15, 0.2) is 35.5 Å². The van der Waals surface area contributed by atoms with E-state index in [9.17, 15) is 9.59 Å². The maximum atomic E-state index is 12.5. The molecule has 8 heteroatoms. The molecule has 0 spiro atoms. The van der Waals surface area contributed by atoms with E-state index in [-0.39, 0.29) is 11.7 Å². The Bertz CT molecular complexity index is 762. The van der Waals surface area contributed by atoms with Crippen molar-refractivity contribution >= 4 is 23.6 Å². The number of hydrogen-bond donors (Lipinski definition) is 1. The van der Waals surface area contributed by atoms with Gasteiger partial charge < -0.3 is 15.2 Å². The average Bonchev–Trinajstić information content (AvgIpc) is 3.01. The third kappa shape index (κ3) is 3.84. The quantitative estimate of drug-likeness (QED) is 0.815. The SMILES string of the molecule is Cn1c(SCC(=O)N2CCCC[C@@H]2C(N)=O)nnc1-c1ccccc1. The van der Waals surface area contributed by atoms with E-state index >= 15 is 0 Å². The molecular weight excluding hydrogens is 338 g/mol. The summed E-state index contributed by atoms with van der Waals surface area (Å²) < 4.78 is 1.87. The molecule has 0 bridgehead atoms. The summed E-state index contributed by atoms with van der Waals surface area (Å²) in [5.74, 6) is 0.453. The molecule has 1 saturated heterocycles. The van der Waals surface area contributed by atoms with Gasteiger partial charge in [0.15, 0.2) is 11.0 Å². The minimum atomic E-state index is -0.485. The van der Waals surface area contributed by atoms with Crippen LogP contribution in [-0.2, 0) is 16.6 Å². The molecule has 0 aliphatic carbocycles. The average molecular weight is 359 g/mol. The number of carbonyl (C=O) groups is 2. The van der Waals surface area contributed by atoms with Crippen LogP contribution >= 0.6 is 11.8 Å². The fourth-order valence-electron chi connectivity index (χ4n) is 3.01. The minimum Gasteiger partial charge on any atom is -0.368 e. The van der Waals surface area contributed by atoms with Gasteiger partial charge in [-0.25, -0.2) is 0 Å². The molecule has 25 heavy (non-hydrogen) atoms. The van der Waals surface area contributed by atoms with Crippen LogP contribution in [0, 0.1) is 0 Å². The van der Waals surface area contributed by atoms with Crippen LogP contribution in [0.2, 0.25) is 0 Å². The van der Waals surface area contributed by atoms with Crippen molar-refractivity contribution in [3.8, 4) is 11.4 Å². The molecule has 0 unspecified atom stereocenters. The molecule has 1 fully saturated rings. The normalized spacial score (nSPS) is 17.5. The highest BCUT2D eigenvalue weighted by Gasteiger charge is 2.30. The number of nitrogens with zero attached hydrogens (tertiary/aromatic N) is 4. The smallest absolute Gasteiger partial charge is 0.240 e. The summed E-state index contributed by atoms with van der Waals surface area (Å²) in [7, 11) is 1.88. The number of benzene rings is 1. The maximum Gasteiger partial charge on any atom is 0.240 e. The van der Waals surface area contributed by atoms with E-state index in [1.54, 1.807) is 4.90 Å². The molecular formula is C17H21N5O2S. The first-order valence-corrected chi connectivity index (χ1v) is 9.23. The summed E-state index contributed by atoms with van der Waals surface area (Å²) in [6.45, 7) is 0.584. The zero-order valence-corrected chi connectivity index (χ0v) is 14.9. The molecule has 0 radical (unpaired) electrons. The van der Waals surface area contributed by atoms with Gasteiger partial charge in [-0.15, -0.1) is 10.2 Å². The Kier molecular flexibility index (Phi) is 5.37. The van der Waals surface area contributed by atoms with Gasteiger partial charge in [-0.3, -0.25) is 9.59 Å². The predicted octanol–water partition coefficient (Wildman–Crippen LogP) is 1.44. The van der Waals surface area contributed by atoms with Crippen LogP contribution in [-0.4, -0.2) is 49.8 Å². The highest BCUT2D eigenvalue weighted by atomic mass is 32.2. The third-order valence-corrected chi connectivity index (χ3v) is 5.35.